The van der Waals surface area contributed by atoms with Gasteiger partial charge in [0.05, 0.1) is 5.69 Å². The van der Waals surface area contributed by atoms with Crippen LogP contribution < -0.4 is 10.6 Å². The van der Waals surface area contributed by atoms with E-state index in [2.05, 4.69) is 25.8 Å². The number of hydrogen-bond acceptors (Lipinski definition) is 9. The highest BCUT2D eigenvalue weighted by atomic mass is 32.1. The summed E-state index contributed by atoms with van der Waals surface area (Å²) < 4.78 is 10.8. The van der Waals surface area contributed by atoms with E-state index in [1.807, 2.05) is 0 Å². The smallest absolute Gasteiger partial charge is 0.350 e. The van der Waals surface area contributed by atoms with Crippen LogP contribution in [-0.4, -0.2) is 44.6 Å². The Morgan fingerprint density at radius 3 is 2.54 bits per heavy atom. The van der Waals surface area contributed by atoms with Crippen LogP contribution in [0, 0.1) is 19.8 Å². The SMILES string of the molecule is Cc1nnc(-c2cccc(C(=O)N[C@H]3C[C@@H](C(=O)Nc4nc(C)c(C(=O)OC(C)(C)C)s4)C3)c2)o1. The van der Waals surface area contributed by atoms with E-state index in [1.54, 1.807) is 58.9 Å². The van der Waals surface area contributed by atoms with Gasteiger partial charge in [0.2, 0.25) is 17.7 Å². The van der Waals surface area contributed by atoms with Gasteiger partial charge in [-0.15, -0.1) is 10.2 Å². The first-order valence-electron chi connectivity index (χ1n) is 11.2. The van der Waals surface area contributed by atoms with Gasteiger partial charge < -0.3 is 19.8 Å². The Bertz CT molecular complexity index is 1270. The number of esters is 1. The van der Waals surface area contributed by atoms with Crippen LogP contribution in [-0.2, 0) is 9.53 Å². The summed E-state index contributed by atoms with van der Waals surface area (Å²) >= 11 is 1.09. The van der Waals surface area contributed by atoms with Crippen LogP contribution >= 0.6 is 11.3 Å². The number of carbonyl (C=O) groups excluding carboxylic acids is 3. The zero-order valence-corrected chi connectivity index (χ0v) is 21.0. The third-order valence-corrected chi connectivity index (χ3v) is 6.41. The monoisotopic (exact) mass is 497 g/mol. The number of aromatic nitrogens is 3. The number of ether oxygens (including phenoxy) is 1. The zero-order chi connectivity index (χ0) is 25.3. The van der Waals surface area contributed by atoms with E-state index in [0.29, 0.717) is 51.5 Å². The molecule has 3 aromatic rings. The predicted molar refractivity (Wildman–Crippen MR) is 129 cm³/mol. The maximum absolute atomic E-state index is 12.7. The van der Waals surface area contributed by atoms with Crippen LogP contribution in [0.15, 0.2) is 28.7 Å². The summed E-state index contributed by atoms with van der Waals surface area (Å²) in [5.41, 5.74) is 1.03. The average molecular weight is 498 g/mol. The highest BCUT2D eigenvalue weighted by molar-refractivity contribution is 7.17. The molecule has 11 heteroatoms. The first-order valence-corrected chi connectivity index (χ1v) is 12.0. The second-order valence-corrected chi connectivity index (χ2v) is 10.5. The van der Waals surface area contributed by atoms with Crippen molar-refractivity contribution in [2.75, 3.05) is 5.32 Å². The van der Waals surface area contributed by atoms with Gasteiger partial charge in [0.25, 0.3) is 5.91 Å². The van der Waals surface area contributed by atoms with Crippen molar-refractivity contribution in [3.05, 3.63) is 46.3 Å². The molecule has 0 bridgehead atoms. The molecule has 4 rings (SSSR count). The molecule has 0 radical (unpaired) electrons. The van der Waals surface area contributed by atoms with Gasteiger partial charge in [-0.1, -0.05) is 17.4 Å². The van der Waals surface area contributed by atoms with Gasteiger partial charge in [0, 0.05) is 30.0 Å². The molecule has 1 aromatic carbocycles. The molecule has 0 aliphatic heterocycles. The predicted octanol–water partition coefficient (Wildman–Crippen LogP) is 3.91. The average Bonchev–Trinajstić information content (AvgIpc) is 3.34. The molecule has 2 aromatic heterocycles. The molecule has 2 heterocycles. The summed E-state index contributed by atoms with van der Waals surface area (Å²) in [5.74, 6) is -0.328. The van der Waals surface area contributed by atoms with Crippen molar-refractivity contribution in [2.24, 2.45) is 5.92 Å². The first-order chi connectivity index (χ1) is 16.5. The number of rotatable bonds is 6. The number of amides is 2. The highest BCUT2D eigenvalue weighted by Gasteiger charge is 2.36. The van der Waals surface area contributed by atoms with E-state index in [-0.39, 0.29) is 23.8 Å². The Balaban J connectivity index is 1.29. The van der Waals surface area contributed by atoms with E-state index >= 15 is 0 Å². The molecule has 2 N–H and O–H groups in total. The van der Waals surface area contributed by atoms with Crippen LogP contribution in [0.1, 0.15) is 65.2 Å². The van der Waals surface area contributed by atoms with E-state index < -0.39 is 11.6 Å². The molecular weight excluding hydrogens is 470 g/mol. The summed E-state index contributed by atoms with van der Waals surface area (Å²) in [6.45, 7) is 8.78. The minimum atomic E-state index is -0.616. The van der Waals surface area contributed by atoms with E-state index in [1.165, 1.54) is 0 Å². The molecule has 0 atom stereocenters. The maximum atomic E-state index is 12.7. The Morgan fingerprint density at radius 1 is 1.14 bits per heavy atom. The second kappa shape index (κ2) is 9.57. The molecule has 10 nitrogen and oxygen atoms in total. The van der Waals surface area contributed by atoms with Gasteiger partial charge >= 0.3 is 5.97 Å². The van der Waals surface area contributed by atoms with Gasteiger partial charge in [-0.2, -0.15) is 0 Å². The molecule has 0 saturated heterocycles. The van der Waals surface area contributed by atoms with Gasteiger partial charge in [-0.3, -0.25) is 9.59 Å². The fourth-order valence-electron chi connectivity index (χ4n) is 3.60. The summed E-state index contributed by atoms with van der Waals surface area (Å²) in [6.07, 6.45) is 1.03. The van der Waals surface area contributed by atoms with Crippen LogP contribution in [0.3, 0.4) is 0 Å². The number of hydrogen-bond donors (Lipinski definition) is 2. The number of aryl methyl sites for hydroxylation is 2. The number of nitrogens with zero attached hydrogens (tertiary/aromatic N) is 3. The van der Waals surface area contributed by atoms with Crippen LogP contribution in [0.2, 0.25) is 0 Å². The van der Waals surface area contributed by atoms with Crippen LogP contribution in [0.25, 0.3) is 11.5 Å². The molecule has 1 saturated carbocycles. The van der Waals surface area contributed by atoms with Gasteiger partial charge in [-0.25, -0.2) is 9.78 Å². The molecule has 1 fully saturated rings. The normalized spacial score (nSPS) is 17.4. The largest absolute Gasteiger partial charge is 0.456 e. The maximum Gasteiger partial charge on any atom is 0.350 e. The second-order valence-electron chi connectivity index (χ2n) is 9.47. The third-order valence-electron chi connectivity index (χ3n) is 5.35. The van der Waals surface area contributed by atoms with Crippen molar-refractivity contribution in [2.45, 2.75) is 59.1 Å². The van der Waals surface area contributed by atoms with Crippen molar-refractivity contribution in [1.29, 1.82) is 0 Å². The summed E-state index contributed by atoms with van der Waals surface area (Å²) in [6, 6.07) is 6.84. The van der Waals surface area contributed by atoms with Crippen LogP contribution in [0.5, 0.6) is 0 Å². The number of nitrogens with one attached hydrogen (secondary N) is 2. The van der Waals surface area contributed by atoms with Gasteiger partial charge in [0.1, 0.15) is 10.5 Å². The Labute approximate surface area is 206 Å². The van der Waals surface area contributed by atoms with Gasteiger partial charge in [0.15, 0.2) is 5.13 Å². The molecule has 0 spiro atoms. The molecule has 184 valence electrons. The van der Waals surface area contributed by atoms with E-state index in [0.717, 1.165) is 11.3 Å². The molecular formula is C24H27N5O5S. The molecule has 1 aliphatic carbocycles. The molecule has 35 heavy (non-hydrogen) atoms. The standard InChI is InChI=1S/C24H27N5O5S/c1-12-18(22(32)34-24(3,4)5)35-23(25-12)27-20(31)16-10-17(11-16)26-19(30)14-7-6-8-15(9-14)21-29-28-13(2)33-21/h6-9,16-17H,10-11H2,1-5H3,(H,26,30)(H,25,27,31)/t16-,17+. The molecule has 0 unspecified atom stereocenters. The molecule has 2 amide bonds. The zero-order valence-electron chi connectivity index (χ0n) is 20.2. The number of carbonyl (C=O) groups is 3. The fourth-order valence-corrected chi connectivity index (χ4v) is 4.44. The van der Waals surface area contributed by atoms with Crippen molar-refractivity contribution in [3.8, 4) is 11.5 Å². The van der Waals surface area contributed by atoms with Gasteiger partial charge in [-0.05, 0) is 58.7 Å². The summed E-state index contributed by atoms with van der Waals surface area (Å²) in [7, 11) is 0. The number of benzene rings is 1. The van der Waals surface area contributed by atoms with Crippen molar-refractivity contribution >= 4 is 34.3 Å². The summed E-state index contributed by atoms with van der Waals surface area (Å²) in [5, 5.41) is 13.9. The lowest BCUT2D eigenvalue weighted by Gasteiger charge is -2.34. The Hall–Kier alpha value is -3.60. The molecule has 1 aliphatic rings. The van der Waals surface area contributed by atoms with Crippen LogP contribution in [0.4, 0.5) is 5.13 Å². The Morgan fingerprint density at radius 2 is 1.89 bits per heavy atom. The van der Waals surface area contributed by atoms with Crippen molar-refractivity contribution in [1.82, 2.24) is 20.5 Å². The van der Waals surface area contributed by atoms with Crippen molar-refractivity contribution in [3.63, 3.8) is 0 Å². The van der Waals surface area contributed by atoms with E-state index in [9.17, 15) is 14.4 Å². The lowest BCUT2D eigenvalue weighted by Crippen LogP contribution is -2.48. The van der Waals surface area contributed by atoms with Crippen molar-refractivity contribution < 1.29 is 23.5 Å². The summed E-state index contributed by atoms with van der Waals surface area (Å²) in [4.78, 5) is 42.3. The number of anilines is 1. The quantitative estimate of drug-likeness (QED) is 0.489. The van der Waals surface area contributed by atoms with E-state index in [4.69, 9.17) is 9.15 Å². The lowest BCUT2D eigenvalue weighted by molar-refractivity contribution is -0.122. The first kappa shape index (κ1) is 24.5. The number of thiazole rings is 1. The lowest BCUT2D eigenvalue weighted by atomic mass is 9.79. The minimum absolute atomic E-state index is 0.108. The third kappa shape index (κ3) is 5.91. The fraction of sp³-hybridized carbons (Fsp3) is 0.417. The topological polar surface area (TPSA) is 136 Å². The highest BCUT2D eigenvalue weighted by Crippen LogP contribution is 2.31. The Kier molecular flexibility index (Phi) is 6.70. The minimum Gasteiger partial charge on any atom is -0.456 e.